The minimum absolute atomic E-state index is 0. The number of H-pyrrole nitrogens is 4. The number of carbonyl (C=O) groups excluding carboxylic acids is 11. The molecule has 0 fully saturated rings. The van der Waals surface area contributed by atoms with Gasteiger partial charge < -0.3 is 75.3 Å². The molecule has 36 nitrogen and oxygen atoms in total. The van der Waals surface area contributed by atoms with Crippen LogP contribution in [0.15, 0.2) is 55.6 Å². The van der Waals surface area contributed by atoms with Gasteiger partial charge in [0, 0.05) is 65.4 Å². The molecule has 2 aliphatic rings. The largest absolute Gasteiger partial charge is 0.481 e. The SMILES string of the molecule is CC(=N)N.CCOC(=O)C(CCC(=O)OC)C(C)=O.CCOC(=O)CC(C)=O.CCOC(=O)CCc1c(C(F)(F)F)nc(C)[nH]c1=O.COC(=O)CCBr.Cc1nc(C(F)(F)F)c(CCC(=O)N2CC(=O)Nc3c(F)cccc32)c(=O)[nH]1.Cc1nc(C(F)(F)F)c(CCC(=O)O)c(=O)[nH]1.Cc1nc(C)c(CCC(=O)Cl)c(=O)[nH]1.Cl.O=C1CNc2cccc(F)c2N1. The van der Waals surface area contributed by atoms with E-state index in [4.69, 9.17) is 32.6 Å². The van der Waals surface area contributed by atoms with Crippen molar-refractivity contribution in [2.24, 2.45) is 11.7 Å². The summed E-state index contributed by atoms with van der Waals surface area (Å²) in [6.07, 6.45) is -16.1. The van der Waals surface area contributed by atoms with Crippen molar-refractivity contribution in [3.8, 4) is 0 Å². The second-order valence-corrected chi connectivity index (χ2v) is 26.6. The number of halogens is 14. The molecule has 0 spiro atoms. The molecule has 126 heavy (non-hydrogen) atoms. The van der Waals surface area contributed by atoms with Gasteiger partial charge in [-0.3, -0.25) is 82.1 Å². The zero-order valence-electron chi connectivity index (χ0n) is 69.9. The number of aryl methyl sites for hydroxylation is 5. The third-order valence-corrected chi connectivity index (χ3v) is 15.8. The van der Waals surface area contributed by atoms with Crippen LogP contribution in [0.1, 0.15) is 161 Å². The Balaban J connectivity index is 0. The first-order chi connectivity index (χ1) is 58.0. The maximum atomic E-state index is 13.9. The smallest absolute Gasteiger partial charge is 0.433 e. The number of para-hydroxylation sites is 2. The van der Waals surface area contributed by atoms with Gasteiger partial charge in [-0.25, -0.2) is 28.7 Å². The number of benzene rings is 2. The molecule has 0 aliphatic carbocycles. The van der Waals surface area contributed by atoms with Crippen LogP contribution in [-0.4, -0.2) is 174 Å². The average molecular weight is 1920 g/mol. The van der Waals surface area contributed by atoms with Crippen molar-refractivity contribution >= 4 is 139 Å². The van der Waals surface area contributed by atoms with Gasteiger partial charge in [-0.1, -0.05) is 28.1 Å². The lowest BCUT2D eigenvalue weighted by Crippen LogP contribution is -2.42. The van der Waals surface area contributed by atoms with Gasteiger partial charge in [0.25, 0.3) is 22.2 Å². The summed E-state index contributed by atoms with van der Waals surface area (Å²) in [5, 5.41) is 22.5. The lowest BCUT2D eigenvalue weighted by atomic mass is 9.99. The number of methoxy groups -OCH3 is 2. The minimum atomic E-state index is -4.86. The second kappa shape index (κ2) is 57.3. The van der Waals surface area contributed by atoms with E-state index in [0.29, 0.717) is 47.5 Å². The summed E-state index contributed by atoms with van der Waals surface area (Å²) in [4.78, 5) is 201. The number of amidine groups is 1. The third-order valence-electron chi connectivity index (χ3n) is 15.2. The number of aliphatic carboxylic acids is 1. The summed E-state index contributed by atoms with van der Waals surface area (Å²) >= 11 is 8.28. The minimum Gasteiger partial charge on any atom is -0.481 e. The number of rotatable bonds is 24. The first-order valence-corrected chi connectivity index (χ1v) is 38.2. The predicted octanol–water partition coefficient (Wildman–Crippen LogP) is 9.68. The maximum Gasteiger partial charge on any atom is 0.433 e. The fourth-order valence-electron chi connectivity index (χ4n) is 9.90. The fraction of sp³-hybridized carbons (Fsp3) is 0.461. The number of fused-ring (bicyclic) bond motifs is 2. The number of hydrogen-bond donors (Lipinski definition) is 10. The Kier molecular flexibility index (Phi) is 52.7. The molecule has 0 bridgehead atoms. The summed E-state index contributed by atoms with van der Waals surface area (Å²) in [6, 6.07) is 8.46. The second-order valence-electron chi connectivity index (χ2n) is 25.3. The average Bonchev–Trinajstić information content (AvgIpc) is 0.793. The molecule has 50 heteroatoms. The Hall–Kier alpha value is -12.2. The van der Waals surface area contributed by atoms with Gasteiger partial charge in [0.15, 0.2) is 17.1 Å². The number of carboxylic acids is 1. The molecule has 1 atom stereocenters. The molecule has 2 aliphatic heterocycles. The molecule has 3 amide bonds. The number of anilines is 4. The van der Waals surface area contributed by atoms with E-state index in [1.54, 1.807) is 46.8 Å². The third kappa shape index (κ3) is 44.4. The van der Waals surface area contributed by atoms with Gasteiger partial charge in [0.05, 0.1) is 64.2 Å². The van der Waals surface area contributed by atoms with Crippen LogP contribution < -0.4 is 48.8 Å². The van der Waals surface area contributed by atoms with E-state index in [1.807, 2.05) is 0 Å². The van der Waals surface area contributed by atoms with Gasteiger partial charge in [-0.15, -0.1) is 12.4 Å². The Labute approximate surface area is 730 Å². The highest BCUT2D eigenvalue weighted by Gasteiger charge is 2.40. The number of aromatic nitrogens is 8. The van der Waals surface area contributed by atoms with Crippen LogP contribution in [0.2, 0.25) is 0 Å². The molecular weight excluding hydrogens is 1820 g/mol. The zero-order chi connectivity index (χ0) is 96.1. The van der Waals surface area contributed by atoms with Crippen LogP contribution in [0.4, 0.5) is 71.0 Å². The van der Waals surface area contributed by atoms with E-state index in [-0.39, 0.29) is 140 Å². The van der Waals surface area contributed by atoms with E-state index in [1.165, 1.54) is 74.0 Å². The Bertz CT molecular complexity index is 5010. The number of ether oxygens (including phenoxy) is 5. The molecule has 698 valence electrons. The van der Waals surface area contributed by atoms with Gasteiger partial charge in [0.1, 0.15) is 76.8 Å². The van der Waals surface area contributed by atoms with Crippen molar-refractivity contribution in [1.29, 1.82) is 5.41 Å². The number of aromatic amines is 4. The van der Waals surface area contributed by atoms with E-state index >= 15 is 0 Å². The molecule has 1 unspecified atom stereocenters. The van der Waals surface area contributed by atoms with Crippen LogP contribution in [0, 0.1) is 57.6 Å². The topological polar surface area (TPSA) is 543 Å². The fourth-order valence-corrected chi connectivity index (χ4v) is 10.3. The van der Waals surface area contributed by atoms with E-state index in [2.05, 4.69) is 90.7 Å². The van der Waals surface area contributed by atoms with Crippen molar-refractivity contribution in [3.63, 3.8) is 0 Å². The number of carbonyl (C=O) groups is 12. The van der Waals surface area contributed by atoms with Crippen LogP contribution in [0.3, 0.4) is 0 Å². The van der Waals surface area contributed by atoms with Crippen molar-refractivity contribution in [2.45, 2.75) is 172 Å². The van der Waals surface area contributed by atoms with Crippen molar-refractivity contribution < 1.29 is 135 Å². The molecule has 4 aromatic heterocycles. The quantitative estimate of drug-likeness (QED) is 0.00394. The summed E-state index contributed by atoms with van der Waals surface area (Å²) in [6.45, 7) is 16.8. The molecule has 6 aromatic rings. The first kappa shape index (κ1) is 116. The number of hydrogen-bond acceptors (Lipinski definition) is 27. The highest BCUT2D eigenvalue weighted by molar-refractivity contribution is 9.09. The molecule has 8 rings (SSSR count). The first-order valence-electron chi connectivity index (χ1n) is 36.7. The van der Waals surface area contributed by atoms with E-state index < -0.39 is 166 Å². The standard InChI is InChI=1S/C17H14F4N4O3.C11H13F3N2O3.C10H16O5.C9H11ClN2O2.C9H9F3N2O3.C8H7FN2O.C6H10O3.C4H7BrO2.C2H6N2.ClH/c1-8-22-15(17(19,20)21)9(16(28)23-8)5-6-13(27)25-7-12(26)24-14-10(18)3-2-4-11(14)25;1-3-19-8(17)5-4-7-9(11(12,13)14)15-6(2)16-10(7)18;1-4-15-10(13)8(7(2)11)5-6-9(12)14-3;1-5-7(3-4-8(10)13)9(14)12-6(2)11-5;1-4-13-7(9(10,11)12)5(8(17)14-4)2-3-6(15)16;9-5-2-1-3-6-8(5)11-7(12)4-10-6;1-3-9-6(8)4-5(2)7;1-7-4(6)2-3-5;1-2(3)4;/h2-4H,5-7H2,1H3,(H,24,26)(H,22,23,28);3-5H2,1-2H3,(H,15,16,18);8H,4-6H2,1-3H3;3-4H2,1-2H3,(H,11,12,14);2-3H2,1H3,(H,15,16)(H,13,14,17);1-3,10H,4H2,(H,11,12);3-4H2,1-2H3;2-3H2,1H3;1H3,(H3,3,4);1H. The number of alkyl halides is 10. The van der Waals surface area contributed by atoms with Crippen molar-refractivity contribution in [2.75, 3.05) is 73.3 Å². The van der Waals surface area contributed by atoms with Gasteiger partial charge in [0.2, 0.25) is 23.0 Å². The maximum absolute atomic E-state index is 13.9. The van der Waals surface area contributed by atoms with E-state index in [9.17, 15) is 125 Å². The molecule has 0 saturated carbocycles. The van der Waals surface area contributed by atoms with Crippen molar-refractivity contribution in [1.82, 2.24) is 39.9 Å². The highest BCUT2D eigenvalue weighted by Crippen LogP contribution is 2.35. The van der Waals surface area contributed by atoms with Crippen LogP contribution in [-0.2, 0) is 125 Å². The lowest BCUT2D eigenvalue weighted by Gasteiger charge is -2.29. The number of nitrogens with zero attached hydrogens (tertiary/aromatic N) is 5. The summed E-state index contributed by atoms with van der Waals surface area (Å²) in [5.41, 5.74) is -2.14. The molecular formula is C76H94BrCl2F11N14O22. The molecule has 0 radical (unpaired) electrons. The molecule has 6 heterocycles. The number of ketones is 2. The molecule has 0 saturated heterocycles. The Morgan fingerprint density at radius 1 is 0.556 bits per heavy atom. The van der Waals surface area contributed by atoms with Gasteiger partial charge in [-0.2, -0.15) is 39.5 Å². The molecule has 2 aromatic carbocycles. The summed E-state index contributed by atoms with van der Waals surface area (Å²) in [5.74, 6) is -7.37. The van der Waals surface area contributed by atoms with Gasteiger partial charge >= 0.3 is 54.3 Å². The summed E-state index contributed by atoms with van der Waals surface area (Å²) < 4.78 is 165. The number of carboxylic acid groups (broad SMARTS) is 1. The van der Waals surface area contributed by atoms with Gasteiger partial charge in [-0.05, 0) is 144 Å². The van der Waals surface area contributed by atoms with Crippen LogP contribution in [0.5, 0.6) is 0 Å². The highest BCUT2D eigenvalue weighted by atomic mass is 79.9. The Morgan fingerprint density at radius 2 is 0.952 bits per heavy atom. The number of nitrogens with one attached hydrogen (secondary N) is 8. The van der Waals surface area contributed by atoms with Crippen molar-refractivity contribution in [3.05, 3.63) is 158 Å². The van der Waals surface area contributed by atoms with Crippen LogP contribution >= 0.6 is 39.9 Å². The molecule has 11 N–H and O–H groups in total. The number of nitrogens with two attached hydrogens (primary N) is 1. The normalized spacial score (nSPS) is 11.6. The number of Topliss-reactive ketones (excluding diaryl/α,β-unsaturated/α-hetero) is 2. The lowest BCUT2D eigenvalue weighted by molar-refractivity contribution is -0.152. The zero-order valence-corrected chi connectivity index (χ0v) is 73.1. The predicted molar refractivity (Wildman–Crippen MR) is 437 cm³/mol. The monoisotopic (exact) mass is 1910 g/mol. The van der Waals surface area contributed by atoms with Crippen LogP contribution in [0.25, 0.3) is 0 Å². The summed E-state index contributed by atoms with van der Waals surface area (Å²) in [7, 11) is 2.64. The Morgan fingerprint density at radius 3 is 1.35 bits per heavy atom. The van der Waals surface area contributed by atoms with E-state index in [0.717, 1.165) is 11.0 Å². The number of esters is 5. The number of amides is 3.